The topological polar surface area (TPSA) is 43.4 Å². The van der Waals surface area contributed by atoms with Crippen molar-refractivity contribution in [2.45, 2.75) is 51.8 Å². The molecule has 4 nitrogen and oxygen atoms in total. The lowest BCUT2D eigenvalue weighted by molar-refractivity contribution is 0.0237. The van der Waals surface area contributed by atoms with E-state index in [4.69, 9.17) is 21.1 Å². The monoisotopic (exact) mass is 298 g/mol. The lowest BCUT2D eigenvalue weighted by atomic mass is 10.1. The minimum absolute atomic E-state index is 0.0732. The first-order valence-corrected chi connectivity index (χ1v) is 7.46. The van der Waals surface area contributed by atoms with E-state index in [-0.39, 0.29) is 11.6 Å². The standard InChI is InChI=1S/C15H23ClN2O2/c1-15(2,3)18-10-11-8-13(16)14(17-9-11)20-12-4-6-19-7-5-12/h8-9,12,18H,4-7,10H2,1-3H3. The van der Waals surface area contributed by atoms with E-state index < -0.39 is 0 Å². The number of halogens is 1. The molecule has 0 bridgehead atoms. The van der Waals surface area contributed by atoms with Gasteiger partial charge in [0.25, 0.3) is 0 Å². The van der Waals surface area contributed by atoms with E-state index in [0.717, 1.165) is 38.2 Å². The fourth-order valence-electron chi connectivity index (χ4n) is 1.97. The number of hydrogen-bond acceptors (Lipinski definition) is 4. The fraction of sp³-hybridized carbons (Fsp3) is 0.667. The predicted molar refractivity (Wildman–Crippen MR) is 80.3 cm³/mol. The highest BCUT2D eigenvalue weighted by atomic mass is 35.5. The Labute approximate surface area is 125 Å². The van der Waals surface area contributed by atoms with Crippen molar-refractivity contribution >= 4 is 11.6 Å². The molecular weight excluding hydrogens is 276 g/mol. The molecule has 0 spiro atoms. The van der Waals surface area contributed by atoms with Crippen LogP contribution in [0, 0.1) is 0 Å². The third-order valence-corrected chi connectivity index (χ3v) is 3.40. The van der Waals surface area contributed by atoms with Crippen LogP contribution in [0.3, 0.4) is 0 Å². The molecule has 1 aliphatic rings. The first-order valence-electron chi connectivity index (χ1n) is 7.08. The quantitative estimate of drug-likeness (QED) is 0.927. The van der Waals surface area contributed by atoms with Gasteiger partial charge in [-0.15, -0.1) is 0 Å². The largest absolute Gasteiger partial charge is 0.473 e. The second kappa shape index (κ2) is 6.74. The maximum Gasteiger partial charge on any atom is 0.232 e. The van der Waals surface area contributed by atoms with Gasteiger partial charge in [0.15, 0.2) is 0 Å². The summed E-state index contributed by atoms with van der Waals surface area (Å²) >= 11 is 6.25. The van der Waals surface area contributed by atoms with Crippen LogP contribution in [0.1, 0.15) is 39.2 Å². The first kappa shape index (κ1) is 15.5. The summed E-state index contributed by atoms with van der Waals surface area (Å²) in [5, 5.41) is 3.98. The zero-order valence-electron chi connectivity index (χ0n) is 12.4. The van der Waals surface area contributed by atoms with Crippen LogP contribution in [-0.4, -0.2) is 29.8 Å². The van der Waals surface area contributed by atoms with Gasteiger partial charge in [0.2, 0.25) is 5.88 Å². The lowest BCUT2D eigenvalue weighted by Crippen LogP contribution is -2.35. The van der Waals surface area contributed by atoms with Crippen molar-refractivity contribution in [3.8, 4) is 5.88 Å². The minimum Gasteiger partial charge on any atom is -0.473 e. The van der Waals surface area contributed by atoms with Crippen molar-refractivity contribution in [3.05, 3.63) is 22.8 Å². The summed E-state index contributed by atoms with van der Waals surface area (Å²) in [6.45, 7) is 8.62. The average Bonchev–Trinajstić information content (AvgIpc) is 2.40. The Balaban J connectivity index is 1.94. The first-order chi connectivity index (χ1) is 9.44. The van der Waals surface area contributed by atoms with Gasteiger partial charge < -0.3 is 14.8 Å². The van der Waals surface area contributed by atoms with Gasteiger partial charge in [0.05, 0.1) is 13.2 Å². The van der Waals surface area contributed by atoms with E-state index in [1.54, 1.807) is 0 Å². The van der Waals surface area contributed by atoms with Crippen LogP contribution >= 0.6 is 11.6 Å². The molecular formula is C15H23ClN2O2. The molecule has 2 heterocycles. The molecule has 1 aliphatic heterocycles. The van der Waals surface area contributed by atoms with E-state index >= 15 is 0 Å². The van der Waals surface area contributed by atoms with Gasteiger partial charge in [-0.2, -0.15) is 0 Å². The molecule has 5 heteroatoms. The smallest absolute Gasteiger partial charge is 0.232 e. The molecule has 112 valence electrons. The molecule has 0 amide bonds. The van der Waals surface area contributed by atoms with Crippen LogP contribution in [0.2, 0.25) is 5.02 Å². The second-order valence-corrected chi connectivity index (χ2v) is 6.57. The number of hydrogen-bond donors (Lipinski definition) is 1. The highest BCUT2D eigenvalue weighted by molar-refractivity contribution is 6.31. The van der Waals surface area contributed by atoms with Gasteiger partial charge >= 0.3 is 0 Å². The molecule has 0 saturated carbocycles. The Kier molecular flexibility index (Phi) is 5.24. The number of rotatable bonds is 4. The van der Waals surface area contributed by atoms with Crippen molar-refractivity contribution in [3.63, 3.8) is 0 Å². The summed E-state index contributed by atoms with van der Waals surface area (Å²) in [6, 6.07) is 1.92. The van der Waals surface area contributed by atoms with Gasteiger partial charge in [0.1, 0.15) is 11.1 Å². The SMILES string of the molecule is CC(C)(C)NCc1cnc(OC2CCOCC2)c(Cl)c1. The molecule has 20 heavy (non-hydrogen) atoms. The summed E-state index contributed by atoms with van der Waals surface area (Å²) < 4.78 is 11.2. The van der Waals surface area contributed by atoms with Crippen LogP contribution in [0.4, 0.5) is 0 Å². The van der Waals surface area contributed by atoms with Crippen LogP contribution in [-0.2, 0) is 11.3 Å². The van der Waals surface area contributed by atoms with Gasteiger partial charge in [-0.3, -0.25) is 0 Å². The Bertz CT molecular complexity index is 440. The van der Waals surface area contributed by atoms with E-state index in [2.05, 4.69) is 31.1 Å². The van der Waals surface area contributed by atoms with Crippen LogP contribution in [0.25, 0.3) is 0 Å². The number of pyridine rings is 1. The summed E-state index contributed by atoms with van der Waals surface area (Å²) in [5.41, 5.74) is 1.13. The zero-order valence-corrected chi connectivity index (χ0v) is 13.2. The van der Waals surface area contributed by atoms with E-state index in [9.17, 15) is 0 Å². The van der Waals surface area contributed by atoms with Gasteiger partial charge in [-0.25, -0.2) is 4.98 Å². The molecule has 0 atom stereocenters. The summed E-state index contributed by atoms with van der Waals surface area (Å²) in [4.78, 5) is 4.34. The normalized spacial score (nSPS) is 17.2. The van der Waals surface area contributed by atoms with Crippen LogP contribution < -0.4 is 10.1 Å². The highest BCUT2D eigenvalue weighted by Crippen LogP contribution is 2.25. The molecule has 2 rings (SSSR count). The molecule has 0 aliphatic carbocycles. The van der Waals surface area contributed by atoms with Crippen LogP contribution in [0.5, 0.6) is 5.88 Å². The number of nitrogens with one attached hydrogen (secondary N) is 1. The van der Waals surface area contributed by atoms with Crippen molar-refractivity contribution in [2.75, 3.05) is 13.2 Å². The van der Waals surface area contributed by atoms with Crippen molar-refractivity contribution in [2.24, 2.45) is 0 Å². The summed E-state index contributed by atoms with van der Waals surface area (Å²) in [7, 11) is 0. The second-order valence-electron chi connectivity index (χ2n) is 6.16. The van der Waals surface area contributed by atoms with Gasteiger partial charge in [-0.1, -0.05) is 11.6 Å². The van der Waals surface area contributed by atoms with Crippen molar-refractivity contribution in [1.29, 1.82) is 0 Å². The maximum atomic E-state index is 6.25. The molecule has 0 aromatic carbocycles. The Morgan fingerprint density at radius 3 is 2.70 bits per heavy atom. The Hall–Kier alpha value is -0.840. The third-order valence-electron chi connectivity index (χ3n) is 3.13. The molecule has 0 unspecified atom stereocenters. The predicted octanol–water partition coefficient (Wildman–Crippen LogP) is 3.18. The average molecular weight is 299 g/mol. The lowest BCUT2D eigenvalue weighted by Gasteiger charge is -2.23. The highest BCUT2D eigenvalue weighted by Gasteiger charge is 2.17. The minimum atomic E-state index is 0.0732. The molecule has 1 N–H and O–H groups in total. The molecule has 1 saturated heterocycles. The van der Waals surface area contributed by atoms with Crippen molar-refractivity contribution in [1.82, 2.24) is 10.3 Å². The van der Waals surface area contributed by atoms with Crippen LogP contribution in [0.15, 0.2) is 12.3 Å². The van der Waals surface area contributed by atoms with Crippen molar-refractivity contribution < 1.29 is 9.47 Å². The van der Waals surface area contributed by atoms with Gasteiger partial charge in [-0.05, 0) is 32.4 Å². The number of ether oxygens (including phenoxy) is 2. The number of nitrogens with zero attached hydrogens (tertiary/aromatic N) is 1. The van der Waals surface area contributed by atoms with E-state index in [1.807, 2.05) is 12.3 Å². The van der Waals surface area contributed by atoms with E-state index in [0.29, 0.717) is 10.9 Å². The maximum absolute atomic E-state index is 6.25. The molecule has 0 radical (unpaired) electrons. The van der Waals surface area contributed by atoms with Gasteiger partial charge in [0, 0.05) is 31.1 Å². The molecule has 1 fully saturated rings. The third kappa shape index (κ3) is 4.93. The summed E-state index contributed by atoms with van der Waals surface area (Å²) in [6.07, 6.45) is 3.77. The molecule has 1 aromatic heterocycles. The Morgan fingerprint density at radius 1 is 1.40 bits per heavy atom. The van der Waals surface area contributed by atoms with E-state index in [1.165, 1.54) is 0 Å². The molecule has 1 aromatic rings. The number of aromatic nitrogens is 1. The summed E-state index contributed by atoms with van der Waals surface area (Å²) in [5.74, 6) is 0.526. The Morgan fingerprint density at radius 2 is 2.10 bits per heavy atom. The fourth-order valence-corrected chi connectivity index (χ4v) is 2.20. The zero-order chi connectivity index (χ0) is 14.6.